The van der Waals surface area contributed by atoms with Gasteiger partial charge in [0.25, 0.3) is 0 Å². The van der Waals surface area contributed by atoms with E-state index < -0.39 is 0 Å². The average Bonchev–Trinajstić information content (AvgIpc) is 2.56. The van der Waals surface area contributed by atoms with Crippen molar-refractivity contribution >= 4 is 5.97 Å². The topological polar surface area (TPSA) is 38.8 Å². The van der Waals surface area contributed by atoms with Crippen LogP contribution >= 0.6 is 0 Å². The number of hydrogen-bond donors (Lipinski definition) is 0. The highest BCUT2D eigenvalue weighted by atomic mass is 16.6. The highest BCUT2D eigenvalue weighted by Crippen LogP contribution is 2.40. The van der Waals surface area contributed by atoms with Gasteiger partial charge in [-0.3, -0.25) is 4.79 Å². The van der Waals surface area contributed by atoms with Crippen LogP contribution in [0.3, 0.4) is 0 Å². The van der Waals surface area contributed by atoms with Crippen molar-refractivity contribution < 1.29 is 14.3 Å². The van der Waals surface area contributed by atoms with Crippen molar-refractivity contribution in [3.63, 3.8) is 0 Å². The molecule has 68 valence electrons. The summed E-state index contributed by atoms with van der Waals surface area (Å²) < 4.78 is 10.3. The van der Waals surface area contributed by atoms with Gasteiger partial charge in [-0.2, -0.15) is 0 Å². The molecule has 0 N–H and O–H groups in total. The van der Waals surface area contributed by atoms with Crippen LogP contribution in [-0.4, -0.2) is 23.8 Å². The van der Waals surface area contributed by atoms with Crippen molar-refractivity contribution in [1.29, 1.82) is 0 Å². The Morgan fingerprint density at radius 2 is 2.33 bits per heavy atom. The monoisotopic (exact) mass is 170 g/mol. The molecule has 0 aromatic carbocycles. The van der Waals surface area contributed by atoms with Crippen LogP contribution in [-0.2, 0) is 14.3 Å². The van der Waals surface area contributed by atoms with Gasteiger partial charge >= 0.3 is 5.97 Å². The van der Waals surface area contributed by atoms with Gasteiger partial charge in [0.15, 0.2) is 6.10 Å². The second kappa shape index (κ2) is 2.90. The van der Waals surface area contributed by atoms with Crippen molar-refractivity contribution in [2.24, 2.45) is 0 Å². The Bertz CT molecular complexity index is 212. The first-order valence-electron chi connectivity index (χ1n) is 3.98. The van der Waals surface area contributed by atoms with E-state index in [1.807, 2.05) is 13.8 Å². The van der Waals surface area contributed by atoms with Gasteiger partial charge in [0.1, 0.15) is 5.60 Å². The molecule has 0 aliphatic carbocycles. The quantitative estimate of drug-likeness (QED) is 0.364. The zero-order chi connectivity index (χ0) is 9.35. The second-order valence-electron chi connectivity index (χ2n) is 3.21. The van der Waals surface area contributed by atoms with E-state index in [0.717, 1.165) is 0 Å². The second-order valence-corrected chi connectivity index (χ2v) is 3.21. The fourth-order valence-corrected chi connectivity index (χ4v) is 1.22. The molecule has 0 saturated carbocycles. The molecule has 0 amide bonds. The number of carbonyl (C=O) groups excluding carboxylic acids is 1. The Kier molecular flexibility index (Phi) is 2.24. The van der Waals surface area contributed by atoms with Gasteiger partial charge in [0.05, 0.1) is 6.10 Å². The highest BCUT2D eigenvalue weighted by Gasteiger charge is 2.55. The minimum Gasteiger partial charge on any atom is -0.455 e. The van der Waals surface area contributed by atoms with Crippen LogP contribution in [0.15, 0.2) is 12.7 Å². The Morgan fingerprint density at radius 3 is 2.58 bits per heavy atom. The van der Waals surface area contributed by atoms with Crippen LogP contribution < -0.4 is 0 Å². The smallest absolute Gasteiger partial charge is 0.303 e. The average molecular weight is 170 g/mol. The first-order valence-corrected chi connectivity index (χ1v) is 3.98. The molecule has 0 spiro atoms. The van der Waals surface area contributed by atoms with Gasteiger partial charge in [-0.15, -0.1) is 0 Å². The number of carbonyl (C=O) groups is 1. The van der Waals surface area contributed by atoms with Gasteiger partial charge in [0, 0.05) is 6.92 Å². The molecular formula is C9H14O3. The summed E-state index contributed by atoms with van der Waals surface area (Å²) in [5.74, 6) is -0.302. The molecule has 1 saturated heterocycles. The maximum atomic E-state index is 10.7. The molecule has 1 aliphatic rings. The Balaban J connectivity index is 2.57. The number of rotatable bonds is 3. The molecule has 3 nitrogen and oxygen atoms in total. The summed E-state index contributed by atoms with van der Waals surface area (Å²) in [4.78, 5) is 10.7. The van der Waals surface area contributed by atoms with Crippen molar-refractivity contribution in [1.82, 2.24) is 0 Å². The molecule has 0 aromatic heterocycles. The molecule has 1 rings (SSSR count). The molecular weight excluding hydrogens is 156 g/mol. The van der Waals surface area contributed by atoms with Crippen LogP contribution in [0, 0.1) is 0 Å². The molecule has 3 heteroatoms. The van der Waals surface area contributed by atoms with Gasteiger partial charge in [0.2, 0.25) is 0 Å². The fraction of sp³-hybridized carbons (Fsp3) is 0.667. The van der Waals surface area contributed by atoms with E-state index >= 15 is 0 Å². The molecule has 1 fully saturated rings. The standard InChI is InChI=1S/C9H14O3/c1-5-8(11-7(3)10)9(4)6(2)12-9/h5-6,8H,1H2,2-4H3/t6-,8-,9-/m0/s1. The third-order valence-corrected chi connectivity index (χ3v) is 2.25. The van der Waals surface area contributed by atoms with Gasteiger partial charge < -0.3 is 9.47 Å². The lowest BCUT2D eigenvalue weighted by atomic mass is 10.0. The molecule has 12 heavy (non-hydrogen) atoms. The van der Waals surface area contributed by atoms with E-state index in [9.17, 15) is 4.79 Å². The third-order valence-electron chi connectivity index (χ3n) is 2.25. The maximum absolute atomic E-state index is 10.7. The van der Waals surface area contributed by atoms with Gasteiger partial charge in [-0.25, -0.2) is 0 Å². The minimum atomic E-state index is -0.354. The Morgan fingerprint density at radius 1 is 1.83 bits per heavy atom. The summed E-state index contributed by atoms with van der Waals surface area (Å²) in [6.07, 6.45) is 1.41. The van der Waals surface area contributed by atoms with Crippen LogP contribution in [0.2, 0.25) is 0 Å². The molecule has 0 bridgehead atoms. The summed E-state index contributed by atoms with van der Waals surface area (Å²) in [6.45, 7) is 8.83. The minimum absolute atomic E-state index is 0.139. The molecule has 0 unspecified atom stereocenters. The lowest BCUT2D eigenvalue weighted by Gasteiger charge is -2.16. The number of epoxide rings is 1. The molecule has 3 atom stereocenters. The van der Waals surface area contributed by atoms with Crippen molar-refractivity contribution in [2.75, 3.05) is 0 Å². The van der Waals surface area contributed by atoms with Gasteiger partial charge in [-0.1, -0.05) is 6.58 Å². The van der Waals surface area contributed by atoms with Crippen molar-refractivity contribution in [3.8, 4) is 0 Å². The van der Waals surface area contributed by atoms with Crippen LogP contribution in [0.1, 0.15) is 20.8 Å². The normalized spacial score (nSPS) is 35.4. The Labute approximate surface area is 72.4 Å². The van der Waals surface area contributed by atoms with E-state index in [4.69, 9.17) is 9.47 Å². The molecule has 1 heterocycles. The van der Waals surface area contributed by atoms with Crippen molar-refractivity contribution in [2.45, 2.75) is 38.6 Å². The zero-order valence-electron chi connectivity index (χ0n) is 7.66. The van der Waals surface area contributed by atoms with Crippen molar-refractivity contribution in [3.05, 3.63) is 12.7 Å². The number of esters is 1. The Hall–Kier alpha value is -0.830. The highest BCUT2D eigenvalue weighted by molar-refractivity contribution is 5.66. The van der Waals surface area contributed by atoms with E-state index in [1.54, 1.807) is 6.08 Å². The lowest BCUT2D eigenvalue weighted by Crippen LogP contribution is -2.31. The molecule has 1 aliphatic heterocycles. The number of hydrogen-bond acceptors (Lipinski definition) is 3. The summed E-state index contributed by atoms with van der Waals surface area (Å²) >= 11 is 0. The summed E-state index contributed by atoms with van der Waals surface area (Å²) in [7, 11) is 0. The van der Waals surface area contributed by atoms with Crippen LogP contribution in [0.4, 0.5) is 0 Å². The summed E-state index contributed by atoms with van der Waals surface area (Å²) in [5.41, 5.74) is -0.354. The first-order chi connectivity index (χ1) is 5.50. The molecule has 0 aromatic rings. The maximum Gasteiger partial charge on any atom is 0.303 e. The largest absolute Gasteiger partial charge is 0.455 e. The van der Waals surface area contributed by atoms with Crippen LogP contribution in [0.5, 0.6) is 0 Å². The van der Waals surface area contributed by atoms with E-state index in [2.05, 4.69) is 6.58 Å². The SMILES string of the molecule is C=C[C@H](OC(C)=O)[C@@]1(C)O[C@H]1C. The summed E-state index contributed by atoms with van der Waals surface area (Å²) in [6, 6.07) is 0. The number of ether oxygens (including phenoxy) is 2. The predicted molar refractivity (Wildman–Crippen MR) is 44.7 cm³/mol. The molecule has 0 radical (unpaired) electrons. The predicted octanol–water partition coefficient (Wildman–Crippen LogP) is 1.28. The van der Waals surface area contributed by atoms with E-state index in [1.165, 1.54) is 6.92 Å². The first kappa shape index (κ1) is 9.26. The van der Waals surface area contributed by atoms with Gasteiger partial charge in [-0.05, 0) is 19.9 Å². The van der Waals surface area contributed by atoms with E-state index in [0.29, 0.717) is 0 Å². The van der Waals surface area contributed by atoms with Crippen LogP contribution in [0.25, 0.3) is 0 Å². The fourth-order valence-electron chi connectivity index (χ4n) is 1.22. The third kappa shape index (κ3) is 1.50. The van der Waals surface area contributed by atoms with E-state index in [-0.39, 0.29) is 23.8 Å². The summed E-state index contributed by atoms with van der Waals surface area (Å²) in [5, 5.41) is 0. The zero-order valence-corrected chi connectivity index (χ0v) is 7.66. The lowest BCUT2D eigenvalue weighted by molar-refractivity contribution is -0.146.